The van der Waals surface area contributed by atoms with Crippen molar-refractivity contribution in [3.63, 3.8) is 0 Å². The number of methoxy groups -OCH3 is 1. The summed E-state index contributed by atoms with van der Waals surface area (Å²) in [6, 6.07) is 4.14. The smallest absolute Gasteiger partial charge is 0.0887 e. The first-order valence-electron chi connectivity index (χ1n) is 7.35. The van der Waals surface area contributed by atoms with Crippen LogP contribution in [0.3, 0.4) is 0 Å². The monoisotopic (exact) mass is 280 g/mol. The zero-order valence-corrected chi connectivity index (χ0v) is 13.2. The van der Waals surface area contributed by atoms with E-state index in [1.54, 1.807) is 7.11 Å². The van der Waals surface area contributed by atoms with Crippen LogP contribution >= 0.6 is 0 Å². The molecule has 0 unspecified atom stereocenters. The molecule has 1 heterocycles. The molecule has 0 radical (unpaired) electrons. The van der Waals surface area contributed by atoms with E-state index in [0.29, 0.717) is 13.2 Å². The van der Waals surface area contributed by atoms with Crippen LogP contribution < -0.4 is 5.32 Å². The quantitative estimate of drug-likeness (QED) is 0.669. The lowest BCUT2D eigenvalue weighted by Gasteiger charge is -2.22. The Kier molecular flexibility index (Phi) is 7.73. The average molecular weight is 280 g/mol. The van der Waals surface area contributed by atoms with Crippen LogP contribution in [0.4, 0.5) is 0 Å². The molecule has 4 nitrogen and oxygen atoms in total. The average Bonchev–Trinajstić information content (AvgIpc) is 2.45. The summed E-state index contributed by atoms with van der Waals surface area (Å²) < 4.78 is 11.0. The van der Waals surface area contributed by atoms with Crippen LogP contribution in [0.25, 0.3) is 0 Å². The van der Waals surface area contributed by atoms with Crippen molar-refractivity contribution in [1.29, 1.82) is 0 Å². The fourth-order valence-electron chi connectivity index (χ4n) is 1.65. The van der Waals surface area contributed by atoms with Crippen molar-refractivity contribution in [3.8, 4) is 0 Å². The molecule has 0 saturated carbocycles. The van der Waals surface area contributed by atoms with E-state index in [2.05, 4.69) is 37.1 Å². The molecule has 20 heavy (non-hydrogen) atoms. The van der Waals surface area contributed by atoms with Crippen molar-refractivity contribution >= 4 is 0 Å². The van der Waals surface area contributed by atoms with E-state index in [1.165, 1.54) is 5.56 Å². The molecule has 114 valence electrons. The topological polar surface area (TPSA) is 43.4 Å². The van der Waals surface area contributed by atoms with Gasteiger partial charge in [0.15, 0.2) is 0 Å². The van der Waals surface area contributed by atoms with E-state index in [-0.39, 0.29) is 5.60 Å². The molecule has 0 aromatic carbocycles. The minimum Gasteiger partial charge on any atom is -0.379 e. The maximum Gasteiger partial charge on any atom is 0.0887 e. The van der Waals surface area contributed by atoms with Crippen molar-refractivity contribution in [3.05, 3.63) is 29.6 Å². The van der Waals surface area contributed by atoms with Gasteiger partial charge >= 0.3 is 0 Å². The highest BCUT2D eigenvalue weighted by Crippen LogP contribution is 2.13. The fraction of sp³-hybridized carbons (Fsp3) is 0.688. The predicted molar refractivity (Wildman–Crippen MR) is 81.6 cm³/mol. The summed E-state index contributed by atoms with van der Waals surface area (Å²) in [6.45, 7) is 9.45. The second kappa shape index (κ2) is 9.06. The second-order valence-corrected chi connectivity index (χ2v) is 5.60. The Morgan fingerprint density at radius 1 is 1.30 bits per heavy atom. The number of aromatic nitrogens is 1. The van der Waals surface area contributed by atoms with Gasteiger partial charge in [-0.15, -0.1) is 0 Å². The van der Waals surface area contributed by atoms with Crippen LogP contribution in [0.5, 0.6) is 0 Å². The van der Waals surface area contributed by atoms with E-state index in [4.69, 9.17) is 9.47 Å². The van der Waals surface area contributed by atoms with E-state index < -0.39 is 0 Å². The zero-order chi connectivity index (χ0) is 14.8. The van der Waals surface area contributed by atoms with Gasteiger partial charge in [0.1, 0.15) is 0 Å². The van der Waals surface area contributed by atoms with Crippen LogP contribution in [0.2, 0.25) is 0 Å². The van der Waals surface area contributed by atoms with Gasteiger partial charge in [0.2, 0.25) is 0 Å². The van der Waals surface area contributed by atoms with Gasteiger partial charge in [-0.25, -0.2) is 0 Å². The third-order valence-corrected chi connectivity index (χ3v) is 3.29. The summed E-state index contributed by atoms with van der Waals surface area (Å²) in [5, 5.41) is 3.36. The Morgan fingerprint density at radius 2 is 2.10 bits per heavy atom. The van der Waals surface area contributed by atoms with Gasteiger partial charge in [0.25, 0.3) is 0 Å². The standard InChI is InChI=1S/C16H28N2O2/c1-5-9-17-11-14-6-7-15(18-12-14)13-20-10-8-16(2,3)19-4/h6-7,12,17H,5,8-11,13H2,1-4H3. The fourth-order valence-corrected chi connectivity index (χ4v) is 1.65. The molecule has 1 N–H and O–H groups in total. The third-order valence-electron chi connectivity index (χ3n) is 3.29. The summed E-state index contributed by atoms with van der Waals surface area (Å²) in [6.07, 6.45) is 3.94. The lowest BCUT2D eigenvalue weighted by atomic mass is 10.1. The highest BCUT2D eigenvalue weighted by Gasteiger charge is 2.15. The first-order chi connectivity index (χ1) is 9.57. The summed E-state index contributed by atoms with van der Waals surface area (Å²) in [5.74, 6) is 0. The van der Waals surface area contributed by atoms with Crippen LogP contribution in [-0.2, 0) is 22.6 Å². The summed E-state index contributed by atoms with van der Waals surface area (Å²) >= 11 is 0. The third kappa shape index (κ3) is 6.98. The van der Waals surface area contributed by atoms with Gasteiger partial charge in [-0.1, -0.05) is 13.0 Å². The number of pyridine rings is 1. The first-order valence-corrected chi connectivity index (χ1v) is 7.35. The van der Waals surface area contributed by atoms with E-state index in [9.17, 15) is 0 Å². The summed E-state index contributed by atoms with van der Waals surface area (Å²) in [4.78, 5) is 4.42. The van der Waals surface area contributed by atoms with Crippen molar-refractivity contribution in [2.45, 2.75) is 52.4 Å². The Bertz CT molecular complexity index is 363. The highest BCUT2D eigenvalue weighted by molar-refractivity contribution is 5.13. The molecule has 4 heteroatoms. The molecule has 0 aliphatic heterocycles. The molecule has 1 rings (SSSR count). The first kappa shape index (κ1) is 17.1. The van der Waals surface area contributed by atoms with Crippen molar-refractivity contribution in [2.75, 3.05) is 20.3 Å². The molecule has 0 amide bonds. The number of nitrogens with one attached hydrogen (secondary N) is 1. The Labute approximate surface area is 122 Å². The van der Waals surface area contributed by atoms with Gasteiger partial charge in [-0.3, -0.25) is 4.98 Å². The molecule has 1 aromatic rings. The van der Waals surface area contributed by atoms with Gasteiger partial charge in [-0.05, 0) is 44.9 Å². The van der Waals surface area contributed by atoms with Crippen molar-refractivity contribution in [2.24, 2.45) is 0 Å². The molecule has 0 bridgehead atoms. The van der Waals surface area contributed by atoms with Gasteiger partial charge < -0.3 is 14.8 Å². The van der Waals surface area contributed by atoms with E-state index >= 15 is 0 Å². The number of ether oxygens (including phenoxy) is 2. The molecule has 0 aliphatic carbocycles. The SMILES string of the molecule is CCCNCc1ccc(COCCC(C)(C)OC)nc1. The molecular weight excluding hydrogens is 252 g/mol. The number of hydrogen-bond acceptors (Lipinski definition) is 4. The highest BCUT2D eigenvalue weighted by atomic mass is 16.5. The minimum absolute atomic E-state index is 0.123. The van der Waals surface area contributed by atoms with Gasteiger partial charge in [-0.2, -0.15) is 0 Å². The van der Waals surface area contributed by atoms with Crippen LogP contribution in [0.15, 0.2) is 18.3 Å². The number of nitrogens with zero attached hydrogens (tertiary/aromatic N) is 1. The number of rotatable bonds is 10. The van der Waals surface area contributed by atoms with Crippen LogP contribution in [-0.4, -0.2) is 30.8 Å². The van der Waals surface area contributed by atoms with Crippen LogP contribution in [0.1, 0.15) is 44.9 Å². The van der Waals surface area contributed by atoms with E-state index in [0.717, 1.165) is 31.6 Å². The molecule has 0 saturated heterocycles. The zero-order valence-electron chi connectivity index (χ0n) is 13.2. The van der Waals surface area contributed by atoms with Crippen molar-refractivity contribution in [1.82, 2.24) is 10.3 Å². The maximum atomic E-state index is 5.64. The molecule has 0 fully saturated rings. The molecular formula is C16H28N2O2. The van der Waals surface area contributed by atoms with Gasteiger partial charge in [0, 0.05) is 26.5 Å². The molecule has 0 aliphatic rings. The molecule has 0 atom stereocenters. The Morgan fingerprint density at radius 3 is 2.70 bits per heavy atom. The summed E-state index contributed by atoms with van der Waals surface area (Å²) in [5.41, 5.74) is 2.06. The second-order valence-electron chi connectivity index (χ2n) is 5.60. The molecule has 0 spiro atoms. The van der Waals surface area contributed by atoms with Crippen LogP contribution in [0, 0.1) is 0 Å². The lowest BCUT2D eigenvalue weighted by molar-refractivity contribution is -0.0128. The normalized spacial score (nSPS) is 11.8. The molecule has 1 aromatic heterocycles. The van der Waals surface area contributed by atoms with Crippen molar-refractivity contribution < 1.29 is 9.47 Å². The lowest BCUT2D eigenvalue weighted by Crippen LogP contribution is -2.24. The Balaban J connectivity index is 2.24. The van der Waals surface area contributed by atoms with E-state index in [1.807, 2.05) is 12.3 Å². The predicted octanol–water partition coefficient (Wildman–Crippen LogP) is 2.91. The Hall–Kier alpha value is -0.970. The minimum atomic E-state index is -0.123. The summed E-state index contributed by atoms with van der Waals surface area (Å²) in [7, 11) is 1.73. The largest absolute Gasteiger partial charge is 0.379 e. The maximum absolute atomic E-state index is 5.64. The number of hydrogen-bond donors (Lipinski definition) is 1. The van der Waals surface area contributed by atoms with Gasteiger partial charge in [0.05, 0.1) is 17.9 Å².